The molecule has 2 aromatic rings. The molecule has 0 fully saturated rings. The average Bonchev–Trinajstić information content (AvgIpc) is 2.86. The minimum absolute atomic E-state index is 0.0524. The number of rotatable bonds is 8. The van der Waals surface area contributed by atoms with E-state index in [1.54, 1.807) is 0 Å². The third kappa shape index (κ3) is 6.51. The minimum atomic E-state index is -5.02. The molecule has 1 aliphatic rings. The Morgan fingerprint density at radius 3 is 2.21 bits per heavy atom. The normalized spacial score (nSPS) is 17.6. The van der Waals surface area contributed by atoms with Crippen LogP contribution in [-0.4, -0.2) is 43.8 Å². The van der Waals surface area contributed by atoms with E-state index in [0.717, 1.165) is 23.3 Å². The van der Waals surface area contributed by atoms with Gasteiger partial charge in [-0.05, 0) is 60.7 Å². The number of fused-ring (bicyclic) bond motifs is 1. The van der Waals surface area contributed by atoms with E-state index in [1.165, 1.54) is 0 Å². The van der Waals surface area contributed by atoms with Gasteiger partial charge in [-0.2, -0.15) is 26.3 Å². The topological polar surface area (TPSA) is 59.1 Å². The van der Waals surface area contributed by atoms with Crippen LogP contribution >= 0.6 is 0 Å². The molecule has 2 atom stereocenters. The number of benzene rings is 2. The predicted molar refractivity (Wildman–Crippen MR) is 126 cm³/mol. The quantitative estimate of drug-likeness (QED) is 0.219. The molecule has 3 rings (SSSR count). The first-order chi connectivity index (χ1) is 17.8. The number of aryl methyl sites for hydroxylation is 1. The number of ether oxygens (including phenoxy) is 2. The van der Waals surface area contributed by atoms with Crippen molar-refractivity contribution in [2.75, 3.05) is 25.2 Å². The number of halogens is 6. The molecule has 0 spiro atoms. The van der Waals surface area contributed by atoms with Crippen molar-refractivity contribution >= 4 is 18.3 Å². The van der Waals surface area contributed by atoms with Crippen molar-refractivity contribution in [3.63, 3.8) is 0 Å². The minimum Gasteiger partial charge on any atom is -0.466 e. The zero-order valence-corrected chi connectivity index (χ0v) is 21.0. The van der Waals surface area contributed by atoms with E-state index in [0.29, 0.717) is 43.6 Å². The van der Waals surface area contributed by atoms with Crippen molar-refractivity contribution in [2.45, 2.75) is 57.7 Å². The van der Waals surface area contributed by atoms with Crippen LogP contribution in [0.2, 0.25) is 0 Å². The van der Waals surface area contributed by atoms with Gasteiger partial charge in [-0.25, -0.2) is 4.79 Å². The van der Waals surface area contributed by atoms with Gasteiger partial charge in [-0.1, -0.05) is 19.1 Å². The molecule has 0 bridgehead atoms. The van der Waals surface area contributed by atoms with Crippen molar-refractivity contribution < 1.29 is 45.4 Å². The molecular weight excluding hydrogens is 518 g/mol. The Labute approximate surface area is 216 Å². The van der Waals surface area contributed by atoms with Crippen LogP contribution in [0.1, 0.15) is 54.1 Å². The largest absolute Gasteiger partial charge is 0.466 e. The van der Waals surface area contributed by atoms with Crippen molar-refractivity contribution in [1.82, 2.24) is 4.90 Å². The van der Waals surface area contributed by atoms with Gasteiger partial charge in [-0.15, -0.1) is 0 Å². The number of amides is 1. The first-order valence-electron chi connectivity index (χ1n) is 11.9. The Bertz CT molecular complexity index is 1120. The fraction of sp³-hybridized carbons (Fsp3) is 0.462. The van der Waals surface area contributed by atoms with Crippen LogP contribution < -0.4 is 4.90 Å². The number of alkyl halides is 6. The second-order valence-corrected chi connectivity index (χ2v) is 9.02. The van der Waals surface area contributed by atoms with Crippen LogP contribution in [-0.2, 0) is 39.6 Å². The van der Waals surface area contributed by atoms with E-state index in [2.05, 4.69) is 0 Å². The molecule has 0 saturated heterocycles. The third-order valence-corrected chi connectivity index (χ3v) is 6.57. The Hall–Kier alpha value is -3.44. The highest BCUT2D eigenvalue weighted by atomic mass is 19.4. The van der Waals surface area contributed by atoms with Crippen LogP contribution in [0.25, 0.3) is 0 Å². The van der Waals surface area contributed by atoms with Crippen molar-refractivity contribution in [2.24, 2.45) is 0 Å². The maximum absolute atomic E-state index is 13.4. The smallest absolute Gasteiger partial charge is 0.416 e. The molecule has 0 saturated carbocycles. The van der Waals surface area contributed by atoms with E-state index in [4.69, 9.17) is 9.47 Å². The van der Waals surface area contributed by atoms with Crippen LogP contribution in [0.3, 0.4) is 0 Å². The van der Waals surface area contributed by atoms with Gasteiger partial charge in [0, 0.05) is 18.3 Å². The van der Waals surface area contributed by atoms with Gasteiger partial charge in [0.25, 0.3) is 6.47 Å². The Morgan fingerprint density at radius 2 is 1.68 bits per heavy atom. The number of carbonyl (C=O) groups is 2. The number of methoxy groups -OCH3 is 1. The van der Waals surface area contributed by atoms with Crippen LogP contribution in [0.5, 0.6) is 0 Å². The van der Waals surface area contributed by atoms with Crippen molar-refractivity contribution in [3.8, 4) is 0 Å². The first kappa shape index (κ1) is 29.1. The molecule has 1 aliphatic heterocycles. The lowest BCUT2D eigenvalue weighted by atomic mass is 9.88. The Kier molecular flexibility index (Phi) is 8.83. The molecule has 1 heterocycles. The van der Waals surface area contributed by atoms with Gasteiger partial charge in [0.1, 0.15) is 6.61 Å². The predicted octanol–water partition coefficient (Wildman–Crippen LogP) is 6.37. The number of carbonyl (C=O) groups excluding carboxylic acids is 2. The van der Waals surface area contributed by atoms with Crippen LogP contribution in [0.15, 0.2) is 36.4 Å². The average molecular weight is 547 g/mol. The molecule has 0 radical (unpaired) electrons. The van der Waals surface area contributed by atoms with E-state index in [9.17, 15) is 35.9 Å². The second kappa shape index (κ2) is 11.5. The first-order valence-corrected chi connectivity index (χ1v) is 11.9. The molecular formula is C26H28F6N2O4. The highest BCUT2D eigenvalue weighted by Gasteiger charge is 2.39. The molecule has 0 aliphatic carbocycles. The lowest BCUT2D eigenvalue weighted by molar-refractivity contribution is -0.143. The summed E-state index contributed by atoms with van der Waals surface area (Å²) < 4.78 is 90.4. The molecule has 1 amide bonds. The maximum Gasteiger partial charge on any atom is 0.416 e. The monoisotopic (exact) mass is 546 g/mol. The van der Waals surface area contributed by atoms with Gasteiger partial charge in [0.05, 0.1) is 30.8 Å². The molecule has 6 nitrogen and oxygen atoms in total. The summed E-state index contributed by atoms with van der Waals surface area (Å²) in [6.45, 7) is 4.05. The number of hydrogen-bond acceptors (Lipinski definition) is 5. The molecule has 2 aromatic carbocycles. The number of anilines is 1. The summed E-state index contributed by atoms with van der Waals surface area (Å²) >= 11 is 0. The summed E-state index contributed by atoms with van der Waals surface area (Å²) in [5.41, 5.74) is -0.939. The molecule has 38 heavy (non-hydrogen) atoms. The summed E-state index contributed by atoms with van der Waals surface area (Å²) in [5, 5.41) is 0. The van der Waals surface area contributed by atoms with Gasteiger partial charge in [-0.3, -0.25) is 9.69 Å². The SMILES string of the molecule is CCc1ccc2c(c1)C(N(Cc1cc(C(F)(F)F)cc(C(F)(F)F)c1)C(=O)OC)CC(C)N2CCOC=O. The zero-order chi connectivity index (χ0) is 28.3. The van der Waals surface area contributed by atoms with Gasteiger partial charge >= 0.3 is 18.4 Å². The zero-order valence-electron chi connectivity index (χ0n) is 21.0. The van der Waals surface area contributed by atoms with E-state index < -0.39 is 42.2 Å². The molecule has 208 valence electrons. The van der Waals surface area contributed by atoms with E-state index in [-0.39, 0.29) is 24.3 Å². The number of nitrogens with zero attached hydrogens (tertiary/aromatic N) is 2. The van der Waals surface area contributed by atoms with Crippen LogP contribution in [0.4, 0.5) is 36.8 Å². The van der Waals surface area contributed by atoms with Gasteiger partial charge in [0.2, 0.25) is 0 Å². The lowest BCUT2D eigenvalue weighted by Gasteiger charge is -2.44. The van der Waals surface area contributed by atoms with Gasteiger partial charge in [0.15, 0.2) is 0 Å². The van der Waals surface area contributed by atoms with E-state index >= 15 is 0 Å². The Morgan fingerprint density at radius 1 is 1.05 bits per heavy atom. The highest BCUT2D eigenvalue weighted by Crippen LogP contribution is 2.43. The third-order valence-electron chi connectivity index (χ3n) is 6.57. The van der Waals surface area contributed by atoms with Crippen LogP contribution in [0, 0.1) is 0 Å². The highest BCUT2D eigenvalue weighted by molar-refractivity contribution is 5.70. The van der Waals surface area contributed by atoms with Gasteiger partial charge < -0.3 is 14.4 Å². The summed E-state index contributed by atoms with van der Waals surface area (Å²) in [5.74, 6) is 0. The summed E-state index contributed by atoms with van der Waals surface area (Å²) in [7, 11) is 1.10. The lowest BCUT2D eigenvalue weighted by Crippen LogP contribution is -2.46. The standard InChI is InChI=1S/C26H28F6N2O4/c1-4-17-5-6-22-21(12-17)23(9-16(2)33(22)7-8-38-15-35)34(24(36)37-3)14-18-10-19(25(27,28)29)13-20(11-18)26(30,31)32/h5-6,10-13,15-16,23H,4,7-9,14H2,1-3H3. The maximum atomic E-state index is 13.4. The van der Waals surface area contributed by atoms with Crippen molar-refractivity contribution in [1.29, 1.82) is 0 Å². The molecule has 0 N–H and O–H groups in total. The second-order valence-electron chi connectivity index (χ2n) is 9.02. The fourth-order valence-corrected chi connectivity index (χ4v) is 4.73. The molecule has 12 heteroatoms. The number of hydrogen-bond donors (Lipinski definition) is 0. The molecule has 0 aromatic heterocycles. The summed E-state index contributed by atoms with van der Waals surface area (Å²) in [6.07, 6.45) is -9.96. The molecule has 2 unspecified atom stereocenters. The van der Waals surface area contributed by atoms with Crippen molar-refractivity contribution in [3.05, 3.63) is 64.2 Å². The van der Waals surface area contributed by atoms with E-state index in [1.807, 2.05) is 36.9 Å². The summed E-state index contributed by atoms with van der Waals surface area (Å²) in [4.78, 5) is 26.7. The summed E-state index contributed by atoms with van der Waals surface area (Å²) in [6, 6.07) is 5.97. The fourth-order valence-electron chi connectivity index (χ4n) is 4.73. The Balaban J connectivity index is 2.10.